The smallest absolute Gasteiger partial charge is 0.291 e. The fraction of sp³-hybridized carbons (Fsp3) is 0.346. The fourth-order valence-electron chi connectivity index (χ4n) is 3.34. The van der Waals surface area contributed by atoms with Crippen LogP contribution in [-0.4, -0.2) is 45.8 Å². The first-order valence-electron chi connectivity index (χ1n) is 11.4. The number of phenolic OH excluding ortho intramolecular Hbond substituents is 1. The number of anilines is 3. The summed E-state index contributed by atoms with van der Waals surface area (Å²) in [6.07, 6.45) is 0. The number of hydrogen-bond acceptors (Lipinski definition) is 6. The van der Waals surface area contributed by atoms with E-state index in [1.54, 1.807) is 26.2 Å². The zero-order valence-electron chi connectivity index (χ0n) is 21.0. The maximum absolute atomic E-state index is 13.6. The van der Waals surface area contributed by atoms with Gasteiger partial charge in [0.2, 0.25) is 0 Å². The minimum Gasteiger partial charge on any atom is -0.505 e. The summed E-state index contributed by atoms with van der Waals surface area (Å²) in [5.74, 6) is -0.700. The molecule has 9 nitrogen and oxygen atoms in total. The number of benzene rings is 2. The van der Waals surface area contributed by atoms with Gasteiger partial charge in [-0.05, 0) is 30.0 Å². The summed E-state index contributed by atoms with van der Waals surface area (Å²) in [5.41, 5.74) is -0.0921. The van der Waals surface area contributed by atoms with Gasteiger partial charge >= 0.3 is 0 Å². The summed E-state index contributed by atoms with van der Waals surface area (Å²) in [6.45, 7) is 8.14. The van der Waals surface area contributed by atoms with Crippen LogP contribution in [0.4, 0.5) is 17.1 Å². The number of rotatable bonds is 7. The summed E-state index contributed by atoms with van der Waals surface area (Å²) in [4.78, 5) is 40.5. The summed E-state index contributed by atoms with van der Waals surface area (Å²) in [6, 6.07) is 13.8. The van der Waals surface area contributed by atoms with Gasteiger partial charge in [0.15, 0.2) is 5.75 Å². The van der Waals surface area contributed by atoms with Crippen molar-refractivity contribution in [2.45, 2.75) is 40.3 Å². The van der Waals surface area contributed by atoms with Crippen LogP contribution >= 0.6 is 0 Å². The molecular weight excluding hydrogens is 446 g/mol. The molecule has 1 heterocycles. The number of carbonyl (C=O) groups is 1. The molecule has 1 aromatic heterocycles. The van der Waals surface area contributed by atoms with Gasteiger partial charge in [0.1, 0.15) is 11.4 Å². The second kappa shape index (κ2) is 10.1. The Hall–Kier alpha value is -4.01. The van der Waals surface area contributed by atoms with E-state index in [-0.39, 0.29) is 46.4 Å². The van der Waals surface area contributed by atoms with Crippen LogP contribution in [0.25, 0.3) is 0 Å². The van der Waals surface area contributed by atoms with E-state index in [1.165, 1.54) is 15.6 Å². The molecular formula is C26H33N5O4. The molecule has 0 spiro atoms. The molecule has 0 radical (unpaired) electrons. The predicted octanol–water partition coefficient (Wildman–Crippen LogP) is 3.58. The minimum absolute atomic E-state index is 0.0227. The van der Waals surface area contributed by atoms with Crippen LogP contribution < -0.4 is 21.8 Å². The number of aromatic hydroxyl groups is 1. The summed E-state index contributed by atoms with van der Waals surface area (Å²) in [7, 11) is 3.16. The Morgan fingerprint density at radius 1 is 1.06 bits per heavy atom. The standard InChI is InChI=1S/C26H33N5O4/c1-16(26(2,3)4)27-20-21(28-19-14-10-13-18(22(19)32)24(34)30(5)6)25(35)31(29-23(20)33)15-17-11-8-7-9-12-17/h7-14,16,27-28,32H,15H2,1-6H3,(H,29,33)/t16-/m0/s1. The SMILES string of the molecule is C[C@H](Nc1c(Nc2cccc(C(=O)N(C)C)c2O)c(=O)n(Cc2ccccc2)[nH]c1=O)C(C)(C)C. The van der Waals surface area contributed by atoms with Crippen LogP contribution in [0.3, 0.4) is 0 Å². The third-order valence-electron chi connectivity index (χ3n) is 5.95. The molecule has 0 saturated heterocycles. The maximum atomic E-state index is 13.6. The highest BCUT2D eigenvalue weighted by atomic mass is 16.3. The van der Waals surface area contributed by atoms with E-state index in [0.29, 0.717) is 0 Å². The lowest BCUT2D eigenvalue weighted by Gasteiger charge is -2.29. The number of H-pyrrole nitrogens is 1. The van der Waals surface area contributed by atoms with E-state index < -0.39 is 17.0 Å². The Balaban J connectivity index is 2.15. The molecule has 186 valence electrons. The Bertz CT molecular complexity index is 1320. The fourth-order valence-corrected chi connectivity index (χ4v) is 3.34. The maximum Gasteiger partial charge on any atom is 0.291 e. The molecule has 3 aromatic rings. The van der Waals surface area contributed by atoms with Gasteiger partial charge in [0.25, 0.3) is 17.0 Å². The Morgan fingerprint density at radius 3 is 2.31 bits per heavy atom. The van der Waals surface area contributed by atoms with Gasteiger partial charge < -0.3 is 20.6 Å². The van der Waals surface area contributed by atoms with Gasteiger partial charge in [-0.15, -0.1) is 0 Å². The van der Waals surface area contributed by atoms with Crippen molar-refractivity contribution in [2.24, 2.45) is 5.41 Å². The Morgan fingerprint density at radius 2 is 1.71 bits per heavy atom. The van der Waals surface area contributed by atoms with Crippen molar-refractivity contribution in [2.75, 3.05) is 24.7 Å². The van der Waals surface area contributed by atoms with Crippen LogP contribution in [0, 0.1) is 5.41 Å². The molecule has 0 aliphatic carbocycles. The number of phenols is 1. The molecule has 0 aliphatic rings. The Kier molecular flexibility index (Phi) is 7.38. The van der Waals surface area contributed by atoms with Crippen molar-refractivity contribution in [1.29, 1.82) is 0 Å². The lowest BCUT2D eigenvalue weighted by molar-refractivity contribution is 0.0824. The molecule has 4 N–H and O–H groups in total. The average Bonchev–Trinajstić information content (AvgIpc) is 2.80. The van der Waals surface area contributed by atoms with Crippen molar-refractivity contribution in [3.63, 3.8) is 0 Å². The molecule has 0 unspecified atom stereocenters. The molecule has 0 bridgehead atoms. The number of amides is 1. The number of hydrogen-bond donors (Lipinski definition) is 4. The van der Waals surface area contributed by atoms with Crippen LogP contribution in [-0.2, 0) is 6.54 Å². The molecule has 0 aliphatic heterocycles. The zero-order valence-corrected chi connectivity index (χ0v) is 21.0. The van der Waals surface area contributed by atoms with E-state index >= 15 is 0 Å². The number of nitrogens with one attached hydrogen (secondary N) is 3. The van der Waals surface area contributed by atoms with E-state index in [1.807, 2.05) is 58.0 Å². The molecule has 9 heteroatoms. The van der Waals surface area contributed by atoms with Crippen LogP contribution in [0.5, 0.6) is 5.75 Å². The van der Waals surface area contributed by atoms with Crippen molar-refractivity contribution in [3.8, 4) is 5.75 Å². The monoisotopic (exact) mass is 479 g/mol. The van der Waals surface area contributed by atoms with Crippen LogP contribution in [0.2, 0.25) is 0 Å². The molecule has 1 atom stereocenters. The van der Waals surface area contributed by atoms with Crippen molar-refractivity contribution < 1.29 is 9.90 Å². The number of nitrogens with zero attached hydrogens (tertiary/aromatic N) is 2. The van der Waals surface area contributed by atoms with Gasteiger partial charge in [0.05, 0.1) is 17.8 Å². The van der Waals surface area contributed by atoms with Gasteiger partial charge in [-0.2, -0.15) is 0 Å². The largest absolute Gasteiger partial charge is 0.505 e. The Labute approximate surface area is 204 Å². The van der Waals surface area contributed by atoms with Gasteiger partial charge in [-0.25, -0.2) is 4.68 Å². The van der Waals surface area contributed by atoms with Crippen molar-refractivity contribution in [1.82, 2.24) is 14.7 Å². The highest BCUT2D eigenvalue weighted by molar-refractivity contribution is 5.98. The lowest BCUT2D eigenvalue weighted by atomic mass is 9.88. The van der Waals surface area contributed by atoms with E-state index in [9.17, 15) is 19.5 Å². The lowest BCUT2D eigenvalue weighted by Crippen LogP contribution is -2.38. The normalized spacial score (nSPS) is 12.2. The number of para-hydroxylation sites is 1. The minimum atomic E-state index is -0.487. The predicted molar refractivity (Wildman–Crippen MR) is 139 cm³/mol. The van der Waals surface area contributed by atoms with Gasteiger partial charge in [-0.3, -0.25) is 19.5 Å². The third kappa shape index (κ3) is 5.74. The summed E-state index contributed by atoms with van der Waals surface area (Å²) < 4.78 is 1.22. The molecule has 0 fully saturated rings. The second-order valence-corrected chi connectivity index (χ2v) is 9.83. The van der Waals surface area contributed by atoms with E-state index in [0.717, 1.165) is 5.56 Å². The molecule has 3 rings (SSSR count). The second-order valence-electron chi connectivity index (χ2n) is 9.83. The molecule has 1 amide bonds. The van der Waals surface area contributed by atoms with Crippen molar-refractivity contribution in [3.05, 3.63) is 80.4 Å². The van der Waals surface area contributed by atoms with Crippen molar-refractivity contribution >= 4 is 23.0 Å². The molecule has 2 aromatic carbocycles. The first-order valence-corrected chi connectivity index (χ1v) is 11.4. The molecule has 35 heavy (non-hydrogen) atoms. The summed E-state index contributed by atoms with van der Waals surface area (Å²) >= 11 is 0. The molecule has 0 saturated carbocycles. The first-order chi connectivity index (χ1) is 16.4. The first kappa shape index (κ1) is 25.6. The number of carbonyl (C=O) groups excluding carboxylic acids is 1. The third-order valence-corrected chi connectivity index (χ3v) is 5.95. The van der Waals surface area contributed by atoms with Gasteiger partial charge in [-0.1, -0.05) is 57.2 Å². The summed E-state index contributed by atoms with van der Waals surface area (Å²) in [5, 5.41) is 19.6. The highest BCUT2D eigenvalue weighted by Crippen LogP contribution is 2.32. The number of aromatic amines is 1. The topological polar surface area (TPSA) is 119 Å². The zero-order chi connectivity index (χ0) is 25.9. The van der Waals surface area contributed by atoms with E-state index in [4.69, 9.17) is 0 Å². The quantitative estimate of drug-likeness (QED) is 0.385. The van der Waals surface area contributed by atoms with E-state index in [2.05, 4.69) is 15.7 Å². The van der Waals surface area contributed by atoms with Gasteiger partial charge in [0, 0.05) is 20.1 Å². The highest BCUT2D eigenvalue weighted by Gasteiger charge is 2.25. The van der Waals surface area contributed by atoms with Crippen LogP contribution in [0.15, 0.2) is 58.1 Å². The number of aromatic nitrogens is 2. The average molecular weight is 480 g/mol. The van der Waals surface area contributed by atoms with Crippen LogP contribution in [0.1, 0.15) is 43.6 Å².